The fourth-order valence-corrected chi connectivity index (χ4v) is 3.41. The number of nitrogens with zero attached hydrogens (tertiary/aromatic N) is 1. The molecule has 0 saturated heterocycles. The molecule has 0 unspecified atom stereocenters. The van der Waals surface area contributed by atoms with Crippen molar-refractivity contribution in [3.8, 4) is 11.5 Å². The zero-order valence-corrected chi connectivity index (χ0v) is 13.8. The molecule has 1 fully saturated rings. The van der Waals surface area contributed by atoms with Gasteiger partial charge in [-0.25, -0.2) is 0 Å². The molecule has 0 bridgehead atoms. The SMILES string of the molecule is CN(C[C@@H]1COc2ccccc2O1)C(=O)C1(c2ccccc2)CC1. The minimum absolute atomic E-state index is 0.138. The fraction of sp³-hybridized carbons (Fsp3) is 0.350. The summed E-state index contributed by atoms with van der Waals surface area (Å²) in [6.45, 7) is 0.995. The second-order valence-electron chi connectivity index (χ2n) is 6.63. The quantitative estimate of drug-likeness (QED) is 0.868. The highest BCUT2D eigenvalue weighted by molar-refractivity contribution is 5.91. The Morgan fingerprint density at radius 1 is 1.08 bits per heavy atom. The monoisotopic (exact) mass is 323 g/mol. The van der Waals surface area contributed by atoms with E-state index >= 15 is 0 Å². The van der Waals surface area contributed by atoms with Gasteiger partial charge in [0, 0.05) is 7.05 Å². The third-order valence-electron chi connectivity index (χ3n) is 4.88. The lowest BCUT2D eigenvalue weighted by atomic mass is 9.94. The van der Waals surface area contributed by atoms with Crippen molar-refractivity contribution >= 4 is 5.91 Å². The van der Waals surface area contributed by atoms with Gasteiger partial charge in [0.15, 0.2) is 17.6 Å². The second kappa shape index (κ2) is 5.86. The van der Waals surface area contributed by atoms with Crippen LogP contribution >= 0.6 is 0 Å². The van der Waals surface area contributed by atoms with Crippen molar-refractivity contribution in [3.05, 3.63) is 60.2 Å². The maximum Gasteiger partial charge on any atom is 0.233 e. The van der Waals surface area contributed by atoms with Crippen LogP contribution in [0.2, 0.25) is 0 Å². The number of para-hydroxylation sites is 2. The first-order valence-corrected chi connectivity index (χ1v) is 8.39. The van der Waals surface area contributed by atoms with E-state index < -0.39 is 0 Å². The van der Waals surface area contributed by atoms with E-state index in [0.29, 0.717) is 13.2 Å². The summed E-state index contributed by atoms with van der Waals surface area (Å²) in [6, 6.07) is 17.7. The van der Waals surface area contributed by atoms with E-state index in [1.807, 2.05) is 49.5 Å². The highest BCUT2D eigenvalue weighted by Crippen LogP contribution is 2.49. The van der Waals surface area contributed by atoms with Crippen LogP contribution in [0.4, 0.5) is 0 Å². The molecule has 2 aliphatic rings. The Bertz CT molecular complexity index is 740. The zero-order chi connectivity index (χ0) is 16.6. The molecule has 1 saturated carbocycles. The molecule has 1 aliphatic carbocycles. The maximum atomic E-state index is 13.0. The van der Waals surface area contributed by atoms with Crippen molar-refractivity contribution in [2.45, 2.75) is 24.4 Å². The third kappa shape index (κ3) is 2.62. The Labute approximate surface area is 142 Å². The number of carbonyl (C=O) groups is 1. The number of carbonyl (C=O) groups excluding carboxylic acids is 1. The summed E-state index contributed by atoms with van der Waals surface area (Å²) in [4.78, 5) is 14.8. The van der Waals surface area contributed by atoms with Crippen LogP contribution in [0.3, 0.4) is 0 Å². The first kappa shape index (κ1) is 15.1. The largest absolute Gasteiger partial charge is 0.486 e. The topological polar surface area (TPSA) is 38.8 Å². The minimum Gasteiger partial charge on any atom is -0.486 e. The summed E-state index contributed by atoms with van der Waals surface area (Å²) in [5.41, 5.74) is 0.789. The standard InChI is InChI=1S/C20H21NO3/c1-21(13-16-14-23-17-9-5-6-10-18(17)24-16)19(22)20(11-12-20)15-7-3-2-4-8-15/h2-10,16H,11-14H2,1H3/t16-/m1/s1. The Hall–Kier alpha value is -2.49. The average molecular weight is 323 g/mol. The van der Waals surface area contributed by atoms with Crippen LogP contribution in [-0.2, 0) is 10.2 Å². The summed E-state index contributed by atoms with van der Waals surface area (Å²) in [6.07, 6.45) is 1.70. The molecule has 0 aromatic heterocycles. The molecule has 2 aromatic rings. The van der Waals surface area contributed by atoms with Crippen molar-refractivity contribution < 1.29 is 14.3 Å². The van der Waals surface area contributed by atoms with Crippen LogP contribution in [0.15, 0.2) is 54.6 Å². The minimum atomic E-state index is -0.330. The number of ether oxygens (including phenoxy) is 2. The molecule has 124 valence electrons. The second-order valence-corrected chi connectivity index (χ2v) is 6.63. The number of benzene rings is 2. The lowest BCUT2D eigenvalue weighted by Gasteiger charge is -2.31. The van der Waals surface area contributed by atoms with E-state index in [-0.39, 0.29) is 17.4 Å². The van der Waals surface area contributed by atoms with Crippen LogP contribution in [0, 0.1) is 0 Å². The Kier molecular flexibility index (Phi) is 3.68. The molecular weight excluding hydrogens is 302 g/mol. The molecule has 0 radical (unpaired) electrons. The highest BCUT2D eigenvalue weighted by atomic mass is 16.6. The van der Waals surface area contributed by atoms with Crippen LogP contribution in [0.5, 0.6) is 11.5 Å². The molecule has 2 aromatic carbocycles. The van der Waals surface area contributed by atoms with Gasteiger partial charge in [-0.1, -0.05) is 42.5 Å². The van der Waals surface area contributed by atoms with E-state index in [1.165, 1.54) is 0 Å². The molecule has 0 N–H and O–H groups in total. The lowest BCUT2D eigenvalue weighted by molar-refractivity contribution is -0.134. The highest BCUT2D eigenvalue weighted by Gasteiger charge is 2.52. The summed E-state index contributed by atoms with van der Waals surface area (Å²) in [7, 11) is 1.86. The van der Waals surface area contributed by atoms with Crippen molar-refractivity contribution in [1.29, 1.82) is 0 Å². The average Bonchev–Trinajstić information content (AvgIpc) is 3.43. The van der Waals surface area contributed by atoms with Gasteiger partial charge in [-0.15, -0.1) is 0 Å². The van der Waals surface area contributed by atoms with Gasteiger partial charge in [-0.05, 0) is 30.5 Å². The van der Waals surface area contributed by atoms with Crippen LogP contribution in [0.25, 0.3) is 0 Å². The summed E-state index contributed by atoms with van der Waals surface area (Å²) < 4.78 is 11.7. The zero-order valence-electron chi connectivity index (χ0n) is 13.8. The molecule has 1 atom stereocenters. The molecule has 4 rings (SSSR count). The number of likely N-dealkylation sites (N-methyl/N-ethyl adjacent to an activating group) is 1. The fourth-order valence-electron chi connectivity index (χ4n) is 3.41. The van der Waals surface area contributed by atoms with E-state index in [9.17, 15) is 4.79 Å². The molecule has 1 aliphatic heterocycles. The van der Waals surface area contributed by atoms with Gasteiger partial charge in [0.1, 0.15) is 6.61 Å². The number of hydrogen-bond donors (Lipinski definition) is 0. The summed E-state index contributed by atoms with van der Waals surface area (Å²) >= 11 is 0. The van der Waals surface area contributed by atoms with Crippen LogP contribution in [-0.4, -0.2) is 37.1 Å². The Morgan fingerprint density at radius 2 is 1.75 bits per heavy atom. The van der Waals surface area contributed by atoms with Gasteiger partial charge in [0.05, 0.1) is 12.0 Å². The van der Waals surface area contributed by atoms with Crippen molar-refractivity contribution in [3.63, 3.8) is 0 Å². The van der Waals surface area contributed by atoms with Crippen LogP contribution < -0.4 is 9.47 Å². The summed E-state index contributed by atoms with van der Waals surface area (Å²) in [5, 5.41) is 0. The number of hydrogen-bond acceptors (Lipinski definition) is 3. The van der Waals surface area contributed by atoms with Crippen molar-refractivity contribution in [2.75, 3.05) is 20.2 Å². The Morgan fingerprint density at radius 3 is 2.46 bits per heavy atom. The Balaban J connectivity index is 1.44. The van der Waals surface area contributed by atoms with Crippen molar-refractivity contribution in [1.82, 2.24) is 4.90 Å². The predicted octanol–water partition coefficient (Wildman–Crippen LogP) is 3.02. The third-order valence-corrected chi connectivity index (χ3v) is 4.88. The maximum absolute atomic E-state index is 13.0. The number of amides is 1. The first-order chi connectivity index (χ1) is 11.7. The number of rotatable bonds is 4. The summed E-state index contributed by atoms with van der Waals surface area (Å²) in [5.74, 6) is 1.70. The predicted molar refractivity (Wildman–Crippen MR) is 91.3 cm³/mol. The van der Waals surface area contributed by atoms with E-state index in [2.05, 4.69) is 12.1 Å². The van der Waals surface area contributed by atoms with E-state index in [0.717, 1.165) is 29.9 Å². The van der Waals surface area contributed by atoms with Crippen LogP contribution in [0.1, 0.15) is 18.4 Å². The van der Waals surface area contributed by atoms with E-state index in [1.54, 1.807) is 4.90 Å². The molecular formula is C20H21NO3. The molecule has 1 amide bonds. The first-order valence-electron chi connectivity index (χ1n) is 8.39. The molecule has 1 heterocycles. The normalized spacial score (nSPS) is 20.3. The van der Waals surface area contributed by atoms with E-state index in [4.69, 9.17) is 9.47 Å². The van der Waals surface area contributed by atoms with Gasteiger partial charge in [0.2, 0.25) is 5.91 Å². The molecule has 24 heavy (non-hydrogen) atoms. The molecule has 4 heteroatoms. The van der Waals surface area contributed by atoms with Gasteiger partial charge in [0.25, 0.3) is 0 Å². The lowest BCUT2D eigenvalue weighted by Crippen LogP contribution is -2.45. The van der Waals surface area contributed by atoms with Gasteiger partial charge < -0.3 is 14.4 Å². The van der Waals surface area contributed by atoms with Gasteiger partial charge in [-0.2, -0.15) is 0 Å². The van der Waals surface area contributed by atoms with Gasteiger partial charge in [-0.3, -0.25) is 4.79 Å². The smallest absolute Gasteiger partial charge is 0.233 e. The molecule has 4 nitrogen and oxygen atoms in total. The van der Waals surface area contributed by atoms with Crippen molar-refractivity contribution in [2.24, 2.45) is 0 Å². The molecule has 0 spiro atoms. The van der Waals surface area contributed by atoms with Gasteiger partial charge >= 0.3 is 0 Å². The number of fused-ring (bicyclic) bond motifs is 1.